The molecule has 1 atom stereocenters. The molecule has 2 aromatic carbocycles. The van der Waals surface area contributed by atoms with Crippen molar-refractivity contribution in [2.75, 3.05) is 32.1 Å². The molecule has 0 aromatic heterocycles. The number of carbonyl (C=O) groups is 2. The van der Waals surface area contributed by atoms with Gasteiger partial charge in [-0.05, 0) is 43.9 Å². The normalized spacial score (nSPS) is 11.6. The number of likely N-dealkylation sites (N-methyl/N-ethyl adjacent to an activating group) is 1. The minimum atomic E-state index is -0.324. The third-order valence-electron chi connectivity index (χ3n) is 4.73. The highest BCUT2D eigenvalue weighted by Gasteiger charge is 2.19. The van der Waals surface area contributed by atoms with Gasteiger partial charge < -0.3 is 15.1 Å². The fourth-order valence-electron chi connectivity index (χ4n) is 3.13. The molecule has 6 nitrogen and oxygen atoms in total. The summed E-state index contributed by atoms with van der Waals surface area (Å²) in [6.07, 6.45) is 0.293. The lowest BCUT2D eigenvalue weighted by molar-refractivity contribution is -0.125. The first-order chi connectivity index (χ1) is 14.4. The van der Waals surface area contributed by atoms with E-state index < -0.39 is 0 Å². The van der Waals surface area contributed by atoms with Gasteiger partial charge in [-0.1, -0.05) is 30.3 Å². The molecule has 0 bridgehead atoms. The summed E-state index contributed by atoms with van der Waals surface area (Å²) in [6, 6.07) is 17.2. The van der Waals surface area contributed by atoms with Crippen molar-refractivity contribution in [2.24, 2.45) is 0 Å². The molecular formula is C23H27FN4O2. The molecule has 0 aliphatic rings. The second kappa shape index (κ2) is 11.7. The summed E-state index contributed by atoms with van der Waals surface area (Å²) < 4.78 is 13.5. The second-order valence-corrected chi connectivity index (χ2v) is 7.13. The van der Waals surface area contributed by atoms with Crippen LogP contribution in [0.25, 0.3) is 0 Å². The van der Waals surface area contributed by atoms with Gasteiger partial charge in [0.1, 0.15) is 5.82 Å². The van der Waals surface area contributed by atoms with Gasteiger partial charge in [-0.2, -0.15) is 5.26 Å². The largest absolute Gasteiger partial charge is 0.354 e. The number of nitrogens with one attached hydrogen (secondary N) is 1. The van der Waals surface area contributed by atoms with E-state index in [0.29, 0.717) is 12.2 Å². The van der Waals surface area contributed by atoms with E-state index in [1.54, 1.807) is 18.2 Å². The van der Waals surface area contributed by atoms with E-state index in [2.05, 4.69) is 5.32 Å². The molecule has 1 N–H and O–H groups in total. The predicted molar refractivity (Wildman–Crippen MR) is 114 cm³/mol. The first-order valence-electron chi connectivity index (χ1n) is 9.83. The Morgan fingerprint density at radius 1 is 1.10 bits per heavy atom. The summed E-state index contributed by atoms with van der Waals surface area (Å²) in [4.78, 5) is 28.4. The van der Waals surface area contributed by atoms with Crippen LogP contribution in [0.2, 0.25) is 0 Å². The average Bonchev–Trinajstić information content (AvgIpc) is 2.73. The number of hydrogen-bond acceptors (Lipinski definition) is 4. The van der Waals surface area contributed by atoms with Crippen molar-refractivity contribution in [1.82, 2.24) is 10.2 Å². The number of hydrogen-bond donors (Lipinski definition) is 1. The Morgan fingerprint density at radius 2 is 1.83 bits per heavy atom. The van der Waals surface area contributed by atoms with Crippen LogP contribution in [0.3, 0.4) is 0 Å². The van der Waals surface area contributed by atoms with Crippen LogP contribution >= 0.6 is 0 Å². The molecule has 158 valence electrons. The smallest absolute Gasteiger partial charge is 0.227 e. The van der Waals surface area contributed by atoms with Gasteiger partial charge >= 0.3 is 0 Å². The maximum atomic E-state index is 13.5. The zero-order chi connectivity index (χ0) is 21.9. The Morgan fingerprint density at radius 3 is 2.47 bits per heavy atom. The van der Waals surface area contributed by atoms with E-state index in [0.717, 1.165) is 5.56 Å². The van der Waals surface area contributed by atoms with E-state index in [9.17, 15) is 14.0 Å². The lowest BCUT2D eigenvalue weighted by Gasteiger charge is -2.25. The Kier molecular flexibility index (Phi) is 8.98. The van der Waals surface area contributed by atoms with Crippen molar-refractivity contribution in [3.8, 4) is 6.07 Å². The summed E-state index contributed by atoms with van der Waals surface area (Å²) in [5.41, 5.74) is 1.47. The van der Waals surface area contributed by atoms with Crippen LogP contribution in [0.4, 0.5) is 10.1 Å². The molecule has 7 heteroatoms. The van der Waals surface area contributed by atoms with E-state index in [4.69, 9.17) is 5.26 Å². The lowest BCUT2D eigenvalue weighted by atomic mass is 10.1. The highest BCUT2D eigenvalue weighted by molar-refractivity contribution is 5.95. The van der Waals surface area contributed by atoms with Gasteiger partial charge in [0.15, 0.2) is 0 Å². The maximum absolute atomic E-state index is 13.5. The van der Waals surface area contributed by atoms with Crippen LogP contribution in [0.1, 0.15) is 30.9 Å². The summed E-state index contributed by atoms with van der Waals surface area (Å²) >= 11 is 0. The molecule has 0 spiro atoms. The zero-order valence-electron chi connectivity index (χ0n) is 17.3. The number of nitrogens with zero attached hydrogens (tertiary/aromatic N) is 3. The molecular weight excluding hydrogens is 383 g/mol. The van der Waals surface area contributed by atoms with Gasteiger partial charge in [0, 0.05) is 31.6 Å². The van der Waals surface area contributed by atoms with E-state index in [-0.39, 0.29) is 49.5 Å². The third kappa shape index (κ3) is 6.98. The third-order valence-corrected chi connectivity index (χ3v) is 4.73. The molecule has 0 saturated carbocycles. The summed E-state index contributed by atoms with van der Waals surface area (Å²) in [5.74, 6) is -0.782. The number of anilines is 1. The Bertz CT molecular complexity index is 880. The molecule has 2 aromatic rings. The molecule has 1 unspecified atom stereocenters. The van der Waals surface area contributed by atoms with E-state index in [1.165, 1.54) is 17.0 Å². The number of benzene rings is 2. The number of rotatable bonds is 10. The molecule has 0 aliphatic heterocycles. The first-order valence-corrected chi connectivity index (χ1v) is 9.83. The maximum Gasteiger partial charge on any atom is 0.227 e. The molecule has 0 fully saturated rings. The van der Waals surface area contributed by atoms with Crippen LogP contribution in [0, 0.1) is 17.1 Å². The number of para-hydroxylation sites is 1. The summed E-state index contributed by atoms with van der Waals surface area (Å²) in [5, 5.41) is 11.7. The summed E-state index contributed by atoms with van der Waals surface area (Å²) in [6.45, 7) is 0.587. The quantitative estimate of drug-likeness (QED) is 0.652. The van der Waals surface area contributed by atoms with Gasteiger partial charge in [-0.25, -0.2) is 4.39 Å². The van der Waals surface area contributed by atoms with Crippen LogP contribution < -0.4 is 10.2 Å². The highest BCUT2D eigenvalue weighted by atomic mass is 19.1. The topological polar surface area (TPSA) is 76.4 Å². The van der Waals surface area contributed by atoms with E-state index in [1.807, 2.05) is 49.3 Å². The minimum absolute atomic E-state index is 0.0397. The van der Waals surface area contributed by atoms with Gasteiger partial charge in [0.05, 0.1) is 18.5 Å². The predicted octanol–water partition coefficient (Wildman–Crippen LogP) is 3.27. The molecule has 30 heavy (non-hydrogen) atoms. The van der Waals surface area contributed by atoms with Crippen molar-refractivity contribution in [2.45, 2.75) is 25.3 Å². The van der Waals surface area contributed by atoms with Crippen molar-refractivity contribution < 1.29 is 14.0 Å². The standard InChI is InChI=1S/C23H27FN4O2/c1-27(2)21(18-8-6-9-19(24)16-18)17-26-22(29)12-13-23(30)28(15-7-14-25)20-10-4-3-5-11-20/h3-6,8-11,16,21H,7,12-13,15,17H2,1-2H3,(H,26,29). The molecule has 0 aliphatic carbocycles. The molecule has 0 saturated heterocycles. The minimum Gasteiger partial charge on any atom is -0.354 e. The molecule has 2 rings (SSSR count). The number of amides is 2. The Hall–Kier alpha value is -3.24. The van der Waals surface area contributed by atoms with Crippen molar-refractivity contribution in [1.29, 1.82) is 5.26 Å². The van der Waals surface area contributed by atoms with Crippen molar-refractivity contribution in [3.63, 3.8) is 0 Å². The van der Waals surface area contributed by atoms with Crippen LogP contribution in [-0.2, 0) is 9.59 Å². The molecule has 0 heterocycles. The van der Waals surface area contributed by atoms with Crippen LogP contribution in [0.5, 0.6) is 0 Å². The summed E-state index contributed by atoms with van der Waals surface area (Å²) in [7, 11) is 3.72. The zero-order valence-corrected chi connectivity index (χ0v) is 17.3. The Balaban J connectivity index is 1.92. The van der Waals surface area contributed by atoms with Gasteiger partial charge in [0.25, 0.3) is 0 Å². The van der Waals surface area contributed by atoms with Gasteiger partial charge in [0.2, 0.25) is 11.8 Å². The molecule has 0 radical (unpaired) electrons. The van der Waals surface area contributed by atoms with Crippen LogP contribution in [0.15, 0.2) is 54.6 Å². The monoisotopic (exact) mass is 410 g/mol. The number of nitriles is 1. The fourth-order valence-corrected chi connectivity index (χ4v) is 3.13. The second-order valence-electron chi connectivity index (χ2n) is 7.13. The van der Waals surface area contributed by atoms with Gasteiger partial charge in [-0.3, -0.25) is 9.59 Å². The average molecular weight is 410 g/mol. The lowest BCUT2D eigenvalue weighted by Crippen LogP contribution is -2.36. The fraction of sp³-hybridized carbons (Fsp3) is 0.348. The van der Waals surface area contributed by atoms with Crippen LogP contribution in [-0.4, -0.2) is 43.9 Å². The van der Waals surface area contributed by atoms with E-state index >= 15 is 0 Å². The Labute approximate surface area is 176 Å². The molecule has 2 amide bonds. The van der Waals surface area contributed by atoms with Gasteiger partial charge in [-0.15, -0.1) is 0 Å². The highest BCUT2D eigenvalue weighted by Crippen LogP contribution is 2.19. The van der Waals surface area contributed by atoms with Crippen molar-refractivity contribution in [3.05, 3.63) is 66.0 Å². The SMILES string of the molecule is CN(C)C(CNC(=O)CCC(=O)N(CCC#N)c1ccccc1)c1cccc(F)c1. The number of carbonyl (C=O) groups excluding carboxylic acids is 2. The van der Waals surface area contributed by atoms with Crippen molar-refractivity contribution >= 4 is 17.5 Å². The first kappa shape index (κ1) is 23.0. The number of halogens is 1.